The first-order valence-electron chi connectivity index (χ1n) is 7.61. The fraction of sp³-hybridized carbons (Fsp3) is 0.167. The van der Waals surface area contributed by atoms with Gasteiger partial charge >= 0.3 is 0 Å². The fourth-order valence-corrected chi connectivity index (χ4v) is 3.87. The first-order valence-corrected chi connectivity index (χ1v) is 8.43. The van der Waals surface area contributed by atoms with Crippen LogP contribution in [-0.4, -0.2) is 20.3 Å². The van der Waals surface area contributed by atoms with Gasteiger partial charge in [0.05, 0.1) is 11.9 Å². The number of rotatable bonds is 3. The van der Waals surface area contributed by atoms with Gasteiger partial charge in [-0.1, -0.05) is 18.2 Å². The molecule has 0 aliphatic carbocycles. The van der Waals surface area contributed by atoms with E-state index < -0.39 is 0 Å². The topological polar surface area (TPSA) is 67.8 Å². The fourth-order valence-electron chi connectivity index (χ4n) is 2.96. The minimum atomic E-state index is -0.157. The van der Waals surface area contributed by atoms with Crippen LogP contribution in [0.25, 0.3) is 21.1 Å². The van der Waals surface area contributed by atoms with Gasteiger partial charge in [0, 0.05) is 27.5 Å². The van der Waals surface area contributed by atoms with E-state index in [4.69, 9.17) is 0 Å². The number of ketones is 1. The van der Waals surface area contributed by atoms with E-state index in [1.165, 1.54) is 15.9 Å². The van der Waals surface area contributed by atoms with Crippen LogP contribution in [0.2, 0.25) is 0 Å². The highest BCUT2D eigenvalue weighted by Gasteiger charge is 2.16. The molecule has 0 bridgehead atoms. The summed E-state index contributed by atoms with van der Waals surface area (Å²) in [6.45, 7) is 3.70. The van der Waals surface area contributed by atoms with Crippen molar-refractivity contribution in [3.05, 3.63) is 63.1 Å². The normalized spacial score (nSPS) is 11.4. The molecule has 3 heterocycles. The number of benzene rings is 1. The van der Waals surface area contributed by atoms with Crippen molar-refractivity contribution in [2.24, 2.45) is 0 Å². The molecule has 24 heavy (non-hydrogen) atoms. The molecule has 6 heteroatoms. The molecule has 0 atom stereocenters. The molecule has 0 unspecified atom stereocenters. The molecule has 0 saturated carbocycles. The highest BCUT2D eigenvalue weighted by atomic mass is 32.1. The zero-order valence-corrected chi connectivity index (χ0v) is 14.1. The van der Waals surface area contributed by atoms with E-state index in [0.717, 1.165) is 20.6 Å². The summed E-state index contributed by atoms with van der Waals surface area (Å²) in [5.41, 5.74) is 1.35. The van der Waals surface area contributed by atoms with Crippen molar-refractivity contribution >= 4 is 38.2 Å². The second-order valence-electron chi connectivity index (χ2n) is 5.80. The van der Waals surface area contributed by atoms with Crippen LogP contribution in [0.1, 0.15) is 21.1 Å². The van der Waals surface area contributed by atoms with Crippen molar-refractivity contribution in [2.75, 3.05) is 0 Å². The molecule has 3 aromatic heterocycles. The number of H-pyrrole nitrogens is 1. The van der Waals surface area contributed by atoms with Crippen molar-refractivity contribution in [1.82, 2.24) is 14.5 Å². The standard InChI is InChI=1S/C18H15N3O2S/c1-10-7-13-17(24-10)20-11(2)21(18(13)23)9-16(22)14-8-19-15-6-4-3-5-12(14)15/h3-8,19H,9H2,1-2H3. The quantitative estimate of drug-likeness (QED) is 0.582. The van der Waals surface area contributed by atoms with Crippen LogP contribution >= 0.6 is 11.3 Å². The molecule has 4 aromatic rings. The number of fused-ring (bicyclic) bond motifs is 2. The molecule has 0 amide bonds. The van der Waals surface area contributed by atoms with E-state index in [1.807, 2.05) is 37.3 Å². The lowest BCUT2D eigenvalue weighted by atomic mass is 10.1. The van der Waals surface area contributed by atoms with E-state index in [1.54, 1.807) is 13.1 Å². The van der Waals surface area contributed by atoms with Gasteiger partial charge in [0.25, 0.3) is 5.56 Å². The van der Waals surface area contributed by atoms with E-state index in [2.05, 4.69) is 9.97 Å². The lowest BCUT2D eigenvalue weighted by Crippen LogP contribution is -2.27. The van der Waals surface area contributed by atoms with Gasteiger partial charge in [-0.3, -0.25) is 14.2 Å². The zero-order valence-electron chi connectivity index (χ0n) is 13.3. The maximum atomic E-state index is 12.7. The molecule has 1 N–H and O–H groups in total. The molecule has 0 fully saturated rings. The lowest BCUT2D eigenvalue weighted by Gasteiger charge is -2.08. The number of aromatic amines is 1. The van der Waals surface area contributed by atoms with Gasteiger partial charge in [0.2, 0.25) is 0 Å². The summed E-state index contributed by atoms with van der Waals surface area (Å²) in [5, 5.41) is 1.45. The number of aromatic nitrogens is 3. The van der Waals surface area contributed by atoms with Gasteiger partial charge in [0.1, 0.15) is 10.7 Å². The monoisotopic (exact) mass is 337 g/mol. The number of hydrogen-bond acceptors (Lipinski definition) is 4. The van der Waals surface area contributed by atoms with Crippen LogP contribution in [0, 0.1) is 13.8 Å². The number of nitrogens with one attached hydrogen (secondary N) is 1. The second kappa shape index (κ2) is 5.42. The summed E-state index contributed by atoms with van der Waals surface area (Å²) in [6.07, 6.45) is 1.70. The molecule has 0 spiro atoms. The highest BCUT2D eigenvalue weighted by molar-refractivity contribution is 7.18. The van der Waals surface area contributed by atoms with Gasteiger partial charge < -0.3 is 4.98 Å². The Labute approximate surface area is 141 Å². The van der Waals surface area contributed by atoms with Crippen LogP contribution in [0.3, 0.4) is 0 Å². The van der Waals surface area contributed by atoms with Gasteiger partial charge in [-0.2, -0.15) is 0 Å². The molecule has 5 nitrogen and oxygen atoms in total. The zero-order chi connectivity index (χ0) is 16.8. The Balaban J connectivity index is 1.79. The van der Waals surface area contributed by atoms with Gasteiger partial charge in [-0.05, 0) is 26.0 Å². The van der Waals surface area contributed by atoms with Crippen molar-refractivity contribution in [3.8, 4) is 0 Å². The number of hydrogen-bond donors (Lipinski definition) is 1. The van der Waals surface area contributed by atoms with Crippen molar-refractivity contribution in [2.45, 2.75) is 20.4 Å². The van der Waals surface area contributed by atoms with Crippen LogP contribution < -0.4 is 5.56 Å². The maximum absolute atomic E-state index is 12.7. The smallest absolute Gasteiger partial charge is 0.262 e. The number of Topliss-reactive ketones (excluding diaryl/α,β-unsaturated/α-hetero) is 1. The van der Waals surface area contributed by atoms with E-state index >= 15 is 0 Å². The summed E-state index contributed by atoms with van der Waals surface area (Å²) in [6, 6.07) is 9.47. The molecule has 4 rings (SSSR count). The van der Waals surface area contributed by atoms with Crippen molar-refractivity contribution < 1.29 is 4.79 Å². The molecule has 0 radical (unpaired) electrons. The Bertz CT molecular complexity index is 1150. The molecular weight excluding hydrogens is 322 g/mol. The first-order chi connectivity index (χ1) is 11.5. The molecule has 1 aromatic carbocycles. The number of thiophene rings is 1. The Morgan fingerprint density at radius 3 is 2.88 bits per heavy atom. The van der Waals surface area contributed by atoms with Crippen LogP contribution in [0.5, 0.6) is 0 Å². The third-order valence-corrected chi connectivity index (χ3v) is 5.10. The second-order valence-corrected chi connectivity index (χ2v) is 7.03. The third-order valence-electron chi connectivity index (χ3n) is 4.16. The van der Waals surface area contributed by atoms with E-state index in [0.29, 0.717) is 16.8 Å². The third kappa shape index (κ3) is 2.27. The van der Waals surface area contributed by atoms with Crippen LogP contribution in [0.4, 0.5) is 0 Å². The Kier molecular flexibility index (Phi) is 3.35. The number of carbonyl (C=O) groups is 1. The first kappa shape index (κ1) is 14.8. The molecule has 0 aliphatic heterocycles. The number of nitrogens with zero attached hydrogens (tertiary/aromatic N) is 2. The van der Waals surface area contributed by atoms with Crippen molar-refractivity contribution in [1.29, 1.82) is 0 Å². The molecule has 0 saturated heterocycles. The van der Waals surface area contributed by atoms with E-state index in [-0.39, 0.29) is 17.9 Å². The maximum Gasteiger partial charge on any atom is 0.262 e. The minimum absolute atomic E-state index is 0.00957. The number of para-hydroxylation sites is 1. The number of carbonyl (C=O) groups excluding carboxylic acids is 1. The molecule has 120 valence electrons. The summed E-state index contributed by atoms with van der Waals surface area (Å²) in [5.74, 6) is 0.452. The predicted octanol–water partition coefficient (Wildman–Crippen LogP) is 3.44. The SMILES string of the molecule is Cc1cc2c(=O)n(CC(=O)c3c[nH]c4ccccc34)c(C)nc2s1. The summed E-state index contributed by atoms with van der Waals surface area (Å²) < 4.78 is 1.46. The summed E-state index contributed by atoms with van der Waals surface area (Å²) in [7, 11) is 0. The van der Waals surface area contributed by atoms with Gasteiger partial charge in [-0.25, -0.2) is 4.98 Å². The van der Waals surface area contributed by atoms with Crippen LogP contribution in [0.15, 0.2) is 41.3 Å². The Morgan fingerprint density at radius 1 is 1.25 bits per heavy atom. The van der Waals surface area contributed by atoms with Gasteiger partial charge in [-0.15, -0.1) is 11.3 Å². The Morgan fingerprint density at radius 2 is 2.04 bits per heavy atom. The minimum Gasteiger partial charge on any atom is -0.360 e. The lowest BCUT2D eigenvalue weighted by molar-refractivity contribution is 0.0971. The average molecular weight is 337 g/mol. The Hall–Kier alpha value is -2.73. The summed E-state index contributed by atoms with van der Waals surface area (Å²) >= 11 is 1.49. The van der Waals surface area contributed by atoms with E-state index in [9.17, 15) is 9.59 Å². The van der Waals surface area contributed by atoms with Crippen molar-refractivity contribution in [3.63, 3.8) is 0 Å². The number of aryl methyl sites for hydroxylation is 2. The average Bonchev–Trinajstić information content (AvgIpc) is 3.14. The largest absolute Gasteiger partial charge is 0.360 e. The van der Waals surface area contributed by atoms with Gasteiger partial charge in [0.15, 0.2) is 5.78 Å². The molecule has 0 aliphatic rings. The predicted molar refractivity (Wildman–Crippen MR) is 96.0 cm³/mol. The highest BCUT2D eigenvalue weighted by Crippen LogP contribution is 2.21. The molecular formula is C18H15N3O2S. The summed E-state index contributed by atoms with van der Waals surface area (Å²) in [4.78, 5) is 34.8. The van der Waals surface area contributed by atoms with Crippen LogP contribution in [-0.2, 0) is 6.54 Å².